The summed E-state index contributed by atoms with van der Waals surface area (Å²) in [5.74, 6) is 0. The Kier molecular flexibility index (Phi) is 2.58. The molecule has 0 aromatic carbocycles. The Morgan fingerprint density at radius 1 is 1.42 bits per heavy atom. The van der Waals surface area contributed by atoms with Crippen molar-refractivity contribution in [2.24, 2.45) is 0 Å². The first-order valence-corrected chi connectivity index (χ1v) is 3.83. The molecular weight excluding hydrogens is 260 g/mol. The third-order valence-electron chi connectivity index (χ3n) is 0.967. The molecule has 66 valence electrons. The number of aromatic nitrogens is 2. The Bertz CT molecular complexity index is 301. The van der Waals surface area contributed by atoms with Crippen molar-refractivity contribution in [3.63, 3.8) is 0 Å². The van der Waals surface area contributed by atoms with Crippen LogP contribution >= 0.6 is 27.5 Å². The van der Waals surface area contributed by atoms with E-state index < -0.39 is 11.9 Å². The summed E-state index contributed by atoms with van der Waals surface area (Å²) in [6, 6.07) is 0. The second-order valence-electron chi connectivity index (χ2n) is 1.83. The lowest BCUT2D eigenvalue weighted by molar-refractivity contribution is -0.142. The largest absolute Gasteiger partial charge is 0.436 e. The van der Waals surface area contributed by atoms with E-state index in [-0.39, 0.29) is 9.76 Å². The molecule has 0 spiro atoms. The van der Waals surface area contributed by atoms with Crippen LogP contribution in [-0.4, -0.2) is 9.97 Å². The van der Waals surface area contributed by atoms with E-state index in [0.29, 0.717) is 0 Å². The van der Waals surface area contributed by atoms with E-state index in [0.717, 1.165) is 6.20 Å². The molecule has 0 unspecified atom stereocenters. The number of alkyl halides is 3. The fraction of sp³-hybridized carbons (Fsp3) is 0.200. The topological polar surface area (TPSA) is 25.8 Å². The van der Waals surface area contributed by atoms with E-state index in [2.05, 4.69) is 25.9 Å². The van der Waals surface area contributed by atoms with Crippen LogP contribution in [0.25, 0.3) is 0 Å². The maximum absolute atomic E-state index is 12.0. The highest BCUT2D eigenvalue weighted by atomic mass is 79.9. The minimum Gasteiger partial charge on any atom is -0.244 e. The predicted octanol–water partition coefficient (Wildman–Crippen LogP) is 2.91. The first-order chi connectivity index (χ1) is 5.41. The van der Waals surface area contributed by atoms with Crippen LogP contribution in [0.4, 0.5) is 13.2 Å². The van der Waals surface area contributed by atoms with Crippen molar-refractivity contribution >= 4 is 27.5 Å². The van der Waals surface area contributed by atoms with Crippen LogP contribution in [0.15, 0.2) is 10.8 Å². The predicted molar refractivity (Wildman–Crippen MR) is 39.7 cm³/mol. The minimum atomic E-state index is -4.53. The summed E-state index contributed by atoms with van der Waals surface area (Å²) in [7, 11) is 0. The second kappa shape index (κ2) is 3.18. The Hall–Kier alpha value is -0.360. The van der Waals surface area contributed by atoms with Crippen molar-refractivity contribution in [3.05, 3.63) is 21.6 Å². The average molecular weight is 261 g/mol. The standard InChI is InChI=1S/C5HBrClF3N2/c6-4-3(5(8,9)10)12-2(7)1-11-4/h1H. The molecule has 0 radical (unpaired) electrons. The SMILES string of the molecule is FC(F)(F)c1nc(Cl)cnc1Br. The van der Waals surface area contributed by atoms with Crippen LogP contribution in [0.5, 0.6) is 0 Å². The average Bonchev–Trinajstić information content (AvgIpc) is 1.92. The Morgan fingerprint density at radius 2 is 2.00 bits per heavy atom. The normalized spacial score (nSPS) is 11.8. The molecular formula is C5HBrClF3N2. The van der Waals surface area contributed by atoms with E-state index in [9.17, 15) is 13.2 Å². The van der Waals surface area contributed by atoms with E-state index in [1.807, 2.05) is 0 Å². The van der Waals surface area contributed by atoms with Crippen molar-refractivity contribution in [1.82, 2.24) is 9.97 Å². The van der Waals surface area contributed by atoms with Crippen molar-refractivity contribution in [3.8, 4) is 0 Å². The van der Waals surface area contributed by atoms with E-state index in [1.54, 1.807) is 0 Å². The second-order valence-corrected chi connectivity index (χ2v) is 2.97. The molecule has 1 heterocycles. The van der Waals surface area contributed by atoms with Gasteiger partial charge in [-0.15, -0.1) is 0 Å². The molecule has 0 N–H and O–H groups in total. The van der Waals surface area contributed by atoms with Gasteiger partial charge >= 0.3 is 6.18 Å². The maximum Gasteiger partial charge on any atom is 0.436 e. The Labute approximate surface area is 78.9 Å². The highest BCUT2D eigenvalue weighted by Crippen LogP contribution is 2.32. The summed E-state index contributed by atoms with van der Waals surface area (Å²) in [5.41, 5.74) is -1.12. The third-order valence-corrected chi connectivity index (χ3v) is 1.73. The summed E-state index contributed by atoms with van der Waals surface area (Å²) >= 11 is 7.84. The maximum atomic E-state index is 12.0. The Balaban J connectivity index is 3.23. The summed E-state index contributed by atoms with van der Waals surface area (Å²) < 4.78 is 35.8. The lowest BCUT2D eigenvalue weighted by atomic mass is 10.4. The minimum absolute atomic E-state index is 0.287. The zero-order valence-corrected chi connectivity index (χ0v) is 7.70. The molecule has 0 saturated heterocycles. The molecule has 0 saturated carbocycles. The number of halogens is 5. The molecule has 2 nitrogen and oxygen atoms in total. The van der Waals surface area contributed by atoms with Gasteiger partial charge in [-0.25, -0.2) is 9.97 Å². The van der Waals surface area contributed by atoms with Gasteiger partial charge in [-0.3, -0.25) is 0 Å². The van der Waals surface area contributed by atoms with Gasteiger partial charge in [0.2, 0.25) is 0 Å². The fourth-order valence-electron chi connectivity index (χ4n) is 0.533. The summed E-state index contributed by atoms with van der Waals surface area (Å²) in [5, 5.41) is -0.287. The van der Waals surface area contributed by atoms with Gasteiger partial charge in [0.25, 0.3) is 0 Å². The molecule has 1 aromatic heterocycles. The smallest absolute Gasteiger partial charge is 0.244 e. The summed E-state index contributed by atoms with van der Waals surface area (Å²) in [4.78, 5) is 6.42. The van der Waals surface area contributed by atoms with Gasteiger partial charge in [0.1, 0.15) is 9.76 Å². The van der Waals surface area contributed by atoms with Crippen molar-refractivity contribution < 1.29 is 13.2 Å². The molecule has 0 amide bonds. The highest BCUT2D eigenvalue weighted by molar-refractivity contribution is 9.10. The molecule has 0 fully saturated rings. The molecule has 0 aliphatic rings. The van der Waals surface area contributed by atoms with Crippen molar-refractivity contribution in [2.45, 2.75) is 6.18 Å². The molecule has 0 aliphatic heterocycles. The zero-order valence-electron chi connectivity index (χ0n) is 5.36. The molecule has 0 atom stereocenters. The lowest BCUT2D eigenvalue weighted by Crippen LogP contribution is -2.10. The van der Waals surface area contributed by atoms with Gasteiger partial charge in [0.15, 0.2) is 5.69 Å². The van der Waals surface area contributed by atoms with Crippen LogP contribution in [0.2, 0.25) is 5.15 Å². The van der Waals surface area contributed by atoms with Gasteiger partial charge in [0.05, 0.1) is 6.20 Å². The monoisotopic (exact) mass is 260 g/mol. The van der Waals surface area contributed by atoms with E-state index in [4.69, 9.17) is 11.6 Å². The quantitative estimate of drug-likeness (QED) is 0.717. The van der Waals surface area contributed by atoms with E-state index >= 15 is 0 Å². The lowest BCUT2D eigenvalue weighted by Gasteiger charge is -2.06. The van der Waals surface area contributed by atoms with Crippen LogP contribution in [0, 0.1) is 0 Å². The van der Waals surface area contributed by atoms with Gasteiger partial charge in [-0.05, 0) is 15.9 Å². The number of hydrogen-bond donors (Lipinski definition) is 0. The first-order valence-electron chi connectivity index (χ1n) is 2.66. The first kappa shape index (κ1) is 9.73. The molecule has 0 bridgehead atoms. The van der Waals surface area contributed by atoms with Gasteiger partial charge in [-0.1, -0.05) is 11.6 Å². The zero-order chi connectivity index (χ0) is 9.35. The number of hydrogen-bond acceptors (Lipinski definition) is 2. The van der Waals surface area contributed by atoms with Gasteiger partial charge in [-0.2, -0.15) is 13.2 Å². The molecule has 7 heteroatoms. The van der Waals surface area contributed by atoms with Gasteiger partial charge in [0, 0.05) is 0 Å². The van der Waals surface area contributed by atoms with Crippen LogP contribution < -0.4 is 0 Å². The van der Waals surface area contributed by atoms with Gasteiger partial charge < -0.3 is 0 Å². The Morgan fingerprint density at radius 3 is 2.42 bits per heavy atom. The van der Waals surface area contributed by atoms with Crippen molar-refractivity contribution in [1.29, 1.82) is 0 Å². The summed E-state index contributed by atoms with van der Waals surface area (Å²) in [6.45, 7) is 0. The number of nitrogens with zero attached hydrogens (tertiary/aromatic N) is 2. The number of rotatable bonds is 0. The van der Waals surface area contributed by atoms with Crippen LogP contribution in [0.1, 0.15) is 5.69 Å². The fourth-order valence-corrected chi connectivity index (χ4v) is 1.08. The molecule has 1 aromatic rings. The van der Waals surface area contributed by atoms with Crippen molar-refractivity contribution in [2.75, 3.05) is 0 Å². The van der Waals surface area contributed by atoms with E-state index in [1.165, 1.54) is 0 Å². The van der Waals surface area contributed by atoms with Crippen LogP contribution in [0.3, 0.4) is 0 Å². The molecule has 12 heavy (non-hydrogen) atoms. The molecule has 1 rings (SSSR count). The molecule has 0 aliphatic carbocycles. The summed E-state index contributed by atoms with van der Waals surface area (Å²) in [6.07, 6.45) is -3.50. The third kappa shape index (κ3) is 2.07. The highest BCUT2D eigenvalue weighted by Gasteiger charge is 2.35. The van der Waals surface area contributed by atoms with Crippen LogP contribution in [-0.2, 0) is 6.18 Å².